The van der Waals surface area contributed by atoms with Gasteiger partial charge >= 0.3 is 701 Å². The molecule has 4 nitrogen and oxygen atoms in total. The topological polar surface area (TPSA) is 52.6 Å². The molecule has 2 fully saturated rings. The normalized spacial score (nSPS) is 22.3. The van der Waals surface area contributed by atoms with Gasteiger partial charge in [0.15, 0.2) is 0 Å². The first-order chi connectivity index (χ1) is 58.4. The second kappa shape index (κ2) is 23.7. The zero-order valence-corrected chi connectivity index (χ0v) is 72.4. The molecule has 26 rings (SSSR count). The molecule has 4 aliphatic carbocycles. The molecular formula is C110H72Cl2HfO4Si2. The van der Waals surface area contributed by atoms with E-state index < -0.39 is 43.4 Å². The van der Waals surface area contributed by atoms with E-state index in [1.807, 2.05) is 25.1 Å². The van der Waals surface area contributed by atoms with Gasteiger partial charge in [-0.3, -0.25) is 0 Å². The minimum atomic E-state index is -8.98. The van der Waals surface area contributed by atoms with Crippen LogP contribution in [0.5, 0.6) is 0 Å². The number of halogens is 2. The summed E-state index contributed by atoms with van der Waals surface area (Å²) in [5.74, 6) is 2.97. The Bertz CT molecular complexity index is 7140. The Kier molecular flexibility index (Phi) is 13.7. The van der Waals surface area contributed by atoms with Crippen LogP contribution < -0.4 is 0 Å². The number of rotatable bonds is 8. The number of furan rings is 4. The van der Waals surface area contributed by atoms with Gasteiger partial charge in [0.1, 0.15) is 0 Å². The van der Waals surface area contributed by atoms with Gasteiger partial charge in [0.2, 0.25) is 0 Å². The van der Waals surface area contributed by atoms with E-state index in [1.54, 1.807) is 0 Å². The molecule has 0 N–H and O–H groups in total. The van der Waals surface area contributed by atoms with Crippen LogP contribution >= 0.6 is 17.2 Å². The average molecular weight is 1760 g/mol. The van der Waals surface area contributed by atoms with Crippen LogP contribution in [0.2, 0.25) is 13.1 Å². The van der Waals surface area contributed by atoms with Crippen LogP contribution in [0, 0.1) is 0 Å². The summed E-state index contributed by atoms with van der Waals surface area (Å²) in [6.45, 7) is 5.34. The number of benzene rings is 16. The summed E-state index contributed by atoms with van der Waals surface area (Å²) in [7, 11) is 18.0. The van der Waals surface area contributed by atoms with Crippen molar-refractivity contribution >= 4 is 168 Å². The van der Waals surface area contributed by atoms with Crippen molar-refractivity contribution in [3.63, 3.8) is 0 Å². The third-order valence-corrected chi connectivity index (χ3v) is 145. The number of fused-ring (bicyclic) bond motifs is 24. The molecule has 20 aromatic rings. The summed E-state index contributed by atoms with van der Waals surface area (Å²) in [4.78, 5) is 0. The molecule has 119 heavy (non-hydrogen) atoms. The Balaban J connectivity index is 0.870. The van der Waals surface area contributed by atoms with Crippen LogP contribution in [0.25, 0.3) is 177 Å². The van der Waals surface area contributed by atoms with E-state index in [1.165, 1.54) is 64.6 Å². The van der Waals surface area contributed by atoms with Gasteiger partial charge in [0.05, 0.1) is 0 Å². The van der Waals surface area contributed by atoms with E-state index in [4.69, 9.17) is 17.7 Å². The fourth-order valence-corrected chi connectivity index (χ4v) is 193. The molecule has 6 aliphatic rings. The summed E-state index contributed by atoms with van der Waals surface area (Å²) in [6.07, 6.45) is 17.6. The Morgan fingerprint density at radius 1 is 0.227 bits per heavy atom. The van der Waals surface area contributed by atoms with Crippen molar-refractivity contribution in [1.82, 2.24) is 0 Å². The predicted molar refractivity (Wildman–Crippen MR) is 498 cm³/mol. The molecule has 4 atom stereocenters. The standard InChI is InChI=1S/2C55H36O2Si.2ClH.Hf/c2*1-58(54-46-16-6-14-42(48(46)32-50(54)52-18-8-28-56-52)38-24-26-44-36(30-38)22-20-34-10-2-4-12-40(34)44)55-47-17-7-15-43(49(47)33-51(55)53-19-9-29-57-53)39-25-27-45-37(31-39)23-21-35-11-3-5-13-41(35)45;;;/h2*2-33,58H,1H3;2*1H;/q;;;;+2/p-2. The number of hydrogen-bond acceptors (Lipinski definition) is 4. The van der Waals surface area contributed by atoms with Crippen molar-refractivity contribution < 1.29 is 32.3 Å². The molecule has 0 radical (unpaired) electrons. The molecule has 0 saturated carbocycles. The Hall–Kier alpha value is -12.4. The summed E-state index contributed by atoms with van der Waals surface area (Å²) in [5.41, 5.74) is 21.7. The van der Waals surface area contributed by atoms with Crippen molar-refractivity contribution in [1.29, 1.82) is 0 Å². The monoisotopic (exact) mass is 1760 g/mol. The zero-order valence-electron chi connectivity index (χ0n) is 65.0. The van der Waals surface area contributed by atoms with Gasteiger partial charge in [-0.1, -0.05) is 0 Å². The van der Waals surface area contributed by atoms with Gasteiger partial charge in [-0.05, 0) is 0 Å². The van der Waals surface area contributed by atoms with Crippen LogP contribution in [-0.4, -0.2) is 17.6 Å². The van der Waals surface area contributed by atoms with Gasteiger partial charge < -0.3 is 0 Å². The minimum absolute atomic E-state index is 0.742. The SMILES string of the molecule is C[SiH]1[C]2(C(c3ccco3)=Cc3c(-c4ccc5c(ccc6ccccc65)c4)cccc32)[Hf]2([Cl])([Cl])([C]13C(c1ccco1)=Cc1c(-c4ccc5c(ccc6ccccc65)c4)cccc13)[C]1(C(c3ccco3)=Cc3c(-c4ccc5c(ccc6ccccc65)c4)cccc31)[SiH](C)[C]21C(c2ccco2)=Cc2c(-c3ccc4c(ccc5ccccc54)c3)cccc21. The maximum atomic E-state index is 12.2. The van der Waals surface area contributed by atoms with E-state index in [0.29, 0.717) is 0 Å². The molecule has 0 amide bonds. The summed E-state index contributed by atoms with van der Waals surface area (Å²) < 4.78 is 24.6. The van der Waals surface area contributed by atoms with Crippen LogP contribution in [0.4, 0.5) is 0 Å². The number of hydrogen-bond donors (Lipinski definition) is 0. The van der Waals surface area contributed by atoms with E-state index in [0.717, 1.165) is 156 Å². The van der Waals surface area contributed by atoms with Crippen molar-refractivity contribution in [2.24, 2.45) is 0 Å². The van der Waals surface area contributed by atoms with E-state index in [9.17, 15) is 17.2 Å². The fraction of sp³-hybridized carbons (Fsp3) is 0.0545. The second-order valence-corrected chi connectivity index (χ2v) is 88.7. The zero-order chi connectivity index (χ0) is 78.7. The third kappa shape index (κ3) is 7.70. The summed E-state index contributed by atoms with van der Waals surface area (Å²) >= 11 is -8.98. The molecule has 2 aliphatic heterocycles. The molecule has 562 valence electrons. The molecule has 5 spiro atoms. The molecule has 0 bridgehead atoms. The van der Waals surface area contributed by atoms with Crippen LogP contribution in [0.1, 0.15) is 67.5 Å². The summed E-state index contributed by atoms with van der Waals surface area (Å²) in [6, 6.07) is 127. The Labute approximate surface area is 694 Å². The fourth-order valence-electron chi connectivity index (χ4n) is 27.0. The van der Waals surface area contributed by atoms with Crippen molar-refractivity contribution in [2.75, 3.05) is 0 Å². The second-order valence-electron chi connectivity index (χ2n) is 34.4. The Morgan fingerprint density at radius 3 is 0.689 bits per heavy atom. The Morgan fingerprint density at radius 2 is 0.454 bits per heavy atom. The first-order valence-electron chi connectivity index (χ1n) is 41.5. The summed E-state index contributed by atoms with van der Waals surface area (Å²) in [5, 5.41) is 19.1. The number of allylic oxidation sites excluding steroid dienone is 4. The van der Waals surface area contributed by atoms with Crippen molar-refractivity contribution in [3.05, 3.63) is 432 Å². The first kappa shape index (κ1) is 68.6. The van der Waals surface area contributed by atoms with E-state index in [-0.39, 0.29) is 0 Å². The van der Waals surface area contributed by atoms with Crippen LogP contribution in [0.3, 0.4) is 0 Å². The van der Waals surface area contributed by atoms with Gasteiger partial charge in [0.25, 0.3) is 0 Å². The van der Waals surface area contributed by atoms with Gasteiger partial charge in [0, 0.05) is 0 Å². The predicted octanol–water partition coefficient (Wildman–Crippen LogP) is 29.5. The third-order valence-electron chi connectivity index (χ3n) is 30.5. The molecule has 16 aromatic carbocycles. The molecule has 4 aromatic heterocycles. The van der Waals surface area contributed by atoms with E-state index in [2.05, 4.69) is 377 Å². The molecule has 6 heterocycles. The van der Waals surface area contributed by atoms with Gasteiger partial charge in [-0.25, -0.2) is 0 Å². The molecular weight excluding hydrogens is 1690 g/mol. The molecule has 4 unspecified atom stereocenters. The van der Waals surface area contributed by atoms with Crippen molar-refractivity contribution in [2.45, 2.75) is 24.3 Å². The first-order valence-corrected chi connectivity index (χ1v) is 62.2. The molecule has 2 saturated heterocycles. The average Bonchev–Trinajstić information content (AvgIpc) is 1.52. The van der Waals surface area contributed by atoms with Gasteiger partial charge in [-0.2, -0.15) is 0 Å². The van der Waals surface area contributed by atoms with Crippen LogP contribution in [0.15, 0.2) is 382 Å². The maximum absolute atomic E-state index is 12.2. The molecule has 9 heteroatoms. The van der Waals surface area contributed by atoms with Crippen molar-refractivity contribution in [3.8, 4) is 44.5 Å². The quantitative estimate of drug-likeness (QED) is 0.112. The van der Waals surface area contributed by atoms with E-state index >= 15 is 0 Å². The van der Waals surface area contributed by atoms with Gasteiger partial charge in [-0.15, -0.1) is 0 Å². The van der Waals surface area contributed by atoms with Crippen LogP contribution in [-0.2, 0) is 25.8 Å².